The minimum absolute atomic E-state index is 0.568. The molecule has 0 aromatic heterocycles. The Bertz CT molecular complexity index is 436. The molecule has 2 rings (SSSR count). The van der Waals surface area contributed by atoms with Crippen molar-refractivity contribution < 1.29 is 9.47 Å². The van der Waals surface area contributed by atoms with E-state index in [1.807, 2.05) is 18.2 Å². The van der Waals surface area contributed by atoms with Crippen molar-refractivity contribution in [3.8, 4) is 11.8 Å². The highest BCUT2D eigenvalue weighted by Gasteiger charge is 2.10. The first kappa shape index (κ1) is 12.8. The molecule has 0 spiro atoms. The molecule has 1 fully saturated rings. The lowest BCUT2D eigenvalue weighted by molar-refractivity contribution is 0.0106. The Morgan fingerprint density at radius 2 is 2.22 bits per heavy atom. The van der Waals surface area contributed by atoms with Gasteiger partial charge in [-0.05, 0) is 17.7 Å². The maximum Gasteiger partial charge on any atom is 0.136 e. The molecule has 0 atom stereocenters. The van der Waals surface area contributed by atoms with Crippen LogP contribution >= 0.6 is 0 Å². The van der Waals surface area contributed by atoms with Crippen LogP contribution < -0.4 is 10.2 Å². The smallest absolute Gasteiger partial charge is 0.136 e. The van der Waals surface area contributed by atoms with Crippen molar-refractivity contribution in [3.63, 3.8) is 0 Å². The molecule has 0 aliphatic carbocycles. The van der Waals surface area contributed by atoms with E-state index < -0.39 is 0 Å². The average molecular weight is 247 g/mol. The fourth-order valence-electron chi connectivity index (χ4n) is 1.88. The fourth-order valence-corrected chi connectivity index (χ4v) is 1.88. The highest BCUT2D eigenvalue weighted by atomic mass is 16.5. The summed E-state index contributed by atoms with van der Waals surface area (Å²) in [6, 6.07) is 7.79. The first-order chi connectivity index (χ1) is 8.83. The van der Waals surface area contributed by atoms with Crippen LogP contribution in [0.2, 0.25) is 0 Å². The number of nitrogens with one attached hydrogen (secondary N) is 1. The molecule has 1 N–H and O–H groups in total. The summed E-state index contributed by atoms with van der Waals surface area (Å²) in [7, 11) is 1.57. The van der Waals surface area contributed by atoms with Crippen molar-refractivity contribution in [1.29, 1.82) is 5.26 Å². The zero-order valence-electron chi connectivity index (χ0n) is 10.5. The van der Waals surface area contributed by atoms with Crippen LogP contribution in [0.4, 0.5) is 0 Å². The van der Waals surface area contributed by atoms with E-state index in [1.54, 1.807) is 7.11 Å². The molecular formula is C13H17N3O2. The number of nitriles is 1. The Morgan fingerprint density at radius 3 is 2.89 bits per heavy atom. The van der Waals surface area contributed by atoms with Gasteiger partial charge in [-0.1, -0.05) is 6.07 Å². The van der Waals surface area contributed by atoms with Crippen molar-refractivity contribution >= 4 is 0 Å². The molecule has 5 nitrogen and oxygen atoms in total. The number of hydrogen-bond donors (Lipinski definition) is 1. The molecule has 1 aromatic rings. The van der Waals surface area contributed by atoms with Gasteiger partial charge in [0.25, 0.3) is 0 Å². The van der Waals surface area contributed by atoms with Crippen LogP contribution in [0.5, 0.6) is 5.75 Å². The van der Waals surface area contributed by atoms with Gasteiger partial charge in [-0.2, -0.15) is 5.26 Å². The molecule has 1 heterocycles. The third kappa shape index (κ3) is 3.20. The van der Waals surface area contributed by atoms with Crippen LogP contribution in [0.3, 0.4) is 0 Å². The van der Waals surface area contributed by atoms with Gasteiger partial charge in [-0.25, -0.2) is 5.01 Å². The Balaban J connectivity index is 1.95. The van der Waals surface area contributed by atoms with Crippen LogP contribution in [0, 0.1) is 11.3 Å². The highest BCUT2D eigenvalue weighted by molar-refractivity contribution is 5.45. The first-order valence-electron chi connectivity index (χ1n) is 5.96. The molecular weight excluding hydrogens is 230 g/mol. The number of methoxy groups -OCH3 is 1. The predicted octanol–water partition coefficient (Wildman–Crippen LogP) is 0.904. The van der Waals surface area contributed by atoms with Gasteiger partial charge in [0.2, 0.25) is 0 Å². The normalized spacial score (nSPS) is 16.2. The second kappa shape index (κ2) is 6.36. The summed E-state index contributed by atoms with van der Waals surface area (Å²) in [4.78, 5) is 0. The van der Waals surface area contributed by atoms with E-state index in [2.05, 4.69) is 16.5 Å². The molecule has 1 aromatic carbocycles. The van der Waals surface area contributed by atoms with E-state index in [1.165, 1.54) is 0 Å². The molecule has 0 amide bonds. The number of hydrogen-bond acceptors (Lipinski definition) is 5. The molecule has 0 unspecified atom stereocenters. The standard InChI is InChI=1S/C13H17N3O2/c1-17-13-3-2-11(8-12(13)9-14)10-15-16-4-6-18-7-5-16/h2-3,8,15H,4-7,10H2,1H3. The Morgan fingerprint density at radius 1 is 1.44 bits per heavy atom. The molecule has 96 valence electrons. The lowest BCUT2D eigenvalue weighted by atomic mass is 10.1. The minimum Gasteiger partial charge on any atom is -0.495 e. The molecule has 1 aliphatic rings. The van der Waals surface area contributed by atoms with E-state index in [-0.39, 0.29) is 0 Å². The second-order valence-corrected chi connectivity index (χ2v) is 4.08. The second-order valence-electron chi connectivity index (χ2n) is 4.08. The molecule has 0 bridgehead atoms. The van der Waals surface area contributed by atoms with Gasteiger partial charge in [0.15, 0.2) is 0 Å². The van der Waals surface area contributed by atoms with E-state index in [9.17, 15) is 0 Å². The number of rotatable bonds is 4. The van der Waals surface area contributed by atoms with Crippen molar-refractivity contribution in [2.75, 3.05) is 33.4 Å². The summed E-state index contributed by atoms with van der Waals surface area (Å²) in [5.41, 5.74) is 4.97. The maximum absolute atomic E-state index is 9.01. The van der Waals surface area contributed by atoms with E-state index in [0.717, 1.165) is 31.9 Å². The number of benzene rings is 1. The fraction of sp³-hybridized carbons (Fsp3) is 0.462. The van der Waals surface area contributed by atoms with E-state index in [0.29, 0.717) is 17.9 Å². The van der Waals surface area contributed by atoms with Crippen molar-refractivity contribution in [2.24, 2.45) is 0 Å². The molecule has 0 radical (unpaired) electrons. The maximum atomic E-state index is 9.01. The summed E-state index contributed by atoms with van der Waals surface area (Å²) in [6.45, 7) is 4.01. The topological polar surface area (TPSA) is 57.5 Å². The molecule has 5 heteroatoms. The van der Waals surface area contributed by atoms with Gasteiger partial charge < -0.3 is 9.47 Å². The largest absolute Gasteiger partial charge is 0.495 e. The summed E-state index contributed by atoms with van der Waals surface area (Å²) < 4.78 is 10.4. The lowest BCUT2D eigenvalue weighted by Gasteiger charge is -2.27. The number of nitrogens with zero attached hydrogens (tertiary/aromatic N) is 2. The summed E-state index contributed by atoms with van der Waals surface area (Å²) in [6.07, 6.45) is 0. The zero-order chi connectivity index (χ0) is 12.8. The van der Waals surface area contributed by atoms with Crippen LogP contribution in [-0.4, -0.2) is 38.4 Å². The molecule has 18 heavy (non-hydrogen) atoms. The van der Waals surface area contributed by atoms with Crippen molar-refractivity contribution in [1.82, 2.24) is 10.4 Å². The molecule has 0 saturated carbocycles. The third-order valence-corrected chi connectivity index (χ3v) is 2.90. The van der Waals surface area contributed by atoms with E-state index in [4.69, 9.17) is 14.7 Å². The number of morpholine rings is 1. The summed E-state index contributed by atoms with van der Waals surface area (Å²) >= 11 is 0. The van der Waals surface area contributed by atoms with Crippen molar-refractivity contribution in [3.05, 3.63) is 29.3 Å². The Kier molecular flexibility index (Phi) is 4.53. The first-order valence-corrected chi connectivity index (χ1v) is 5.96. The van der Waals surface area contributed by atoms with Crippen LogP contribution in [0.15, 0.2) is 18.2 Å². The van der Waals surface area contributed by atoms with Gasteiger partial charge in [0, 0.05) is 19.6 Å². The summed E-state index contributed by atoms with van der Waals surface area (Å²) in [5, 5.41) is 11.2. The minimum atomic E-state index is 0.568. The summed E-state index contributed by atoms with van der Waals surface area (Å²) in [5.74, 6) is 0.618. The quantitative estimate of drug-likeness (QED) is 0.856. The lowest BCUT2D eigenvalue weighted by Crippen LogP contribution is -2.45. The van der Waals surface area contributed by atoms with Crippen LogP contribution in [-0.2, 0) is 11.3 Å². The van der Waals surface area contributed by atoms with Gasteiger partial charge in [-0.15, -0.1) is 0 Å². The monoisotopic (exact) mass is 247 g/mol. The number of ether oxygens (including phenoxy) is 2. The van der Waals surface area contributed by atoms with Crippen molar-refractivity contribution in [2.45, 2.75) is 6.54 Å². The number of hydrazine groups is 1. The van der Waals surface area contributed by atoms with Gasteiger partial charge in [0.05, 0.1) is 25.9 Å². The Labute approximate surface area is 107 Å². The average Bonchev–Trinajstić information content (AvgIpc) is 2.45. The predicted molar refractivity (Wildman–Crippen MR) is 66.9 cm³/mol. The molecule has 1 saturated heterocycles. The van der Waals surface area contributed by atoms with Gasteiger partial charge >= 0.3 is 0 Å². The third-order valence-electron chi connectivity index (χ3n) is 2.90. The zero-order valence-corrected chi connectivity index (χ0v) is 10.5. The van der Waals surface area contributed by atoms with Crippen LogP contribution in [0.1, 0.15) is 11.1 Å². The Hall–Kier alpha value is -1.61. The van der Waals surface area contributed by atoms with Crippen LogP contribution in [0.25, 0.3) is 0 Å². The van der Waals surface area contributed by atoms with Gasteiger partial charge in [-0.3, -0.25) is 5.43 Å². The highest BCUT2D eigenvalue weighted by Crippen LogP contribution is 2.18. The van der Waals surface area contributed by atoms with E-state index >= 15 is 0 Å². The van der Waals surface area contributed by atoms with Gasteiger partial charge in [0.1, 0.15) is 11.8 Å². The SMILES string of the molecule is COc1ccc(CNN2CCOCC2)cc1C#N. The molecule has 1 aliphatic heterocycles.